The molecule has 0 unspecified atom stereocenters. The molecule has 0 fully saturated rings. The third-order valence-corrected chi connectivity index (χ3v) is 3.24. The Bertz CT molecular complexity index is 802. The fourth-order valence-electron chi connectivity index (χ4n) is 2.03. The highest BCUT2D eigenvalue weighted by Crippen LogP contribution is 2.17. The lowest BCUT2D eigenvalue weighted by Gasteiger charge is -2.19. The van der Waals surface area contributed by atoms with Gasteiger partial charge in [0.2, 0.25) is 0 Å². The number of ether oxygens (including phenoxy) is 2. The number of rotatable bonds is 4. The van der Waals surface area contributed by atoms with Gasteiger partial charge in [0.05, 0.1) is 5.56 Å². The summed E-state index contributed by atoms with van der Waals surface area (Å²) >= 11 is 0. The maximum absolute atomic E-state index is 12.2. The SMILES string of the molecule is CC(=O)c1ccc(OC(=O)c2ccc(NC(=O)OC(C)(C)C)cc2)cc1. The monoisotopic (exact) mass is 355 g/mol. The van der Waals surface area contributed by atoms with Crippen LogP contribution in [0.3, 0.4) is 0 Å². The molecule has 0 saturated heterocycles. The fourth-order valence-corrected chi connectivity index (χ4v) is 2.03. The molecule has 6 nitrogen and oxygen atoms in total. The summed E-state index contributed by atoms with van der Waals surface area (Å²) in [6.45, 7) is 6.78. The normalized spacial score (nSPS) is 10.8. The number of amides is 1. The van der Waals surface area contributed by atoms with Crippen molar-refractivity contribution in [2.45, 2.75) is 33.3 Å². The first kappa shape index (κ1) is 19.2. The molecule has 26 heavy (non-hydrogen) atoms. The summed E-state index contributed by atoms with van der Waals surface area (Å²) in [4.78, 5) is 35.1. The molecule has 0 heterocycles. The quantitative estimate of drug-likeness (QED) is 0.497. The highest BCUT2D eigenvalue weighted by molar-refractivity contribution is 5.95. The maximum Gasteiger partial charge on any atom is 0.412 e. The number of ketones is 1. The molecular formula is C20H21NO5. The molecule has 2 aromatic carbocycles. The lowest BCUT2D eigenvalue weighted by atomic mass is 10.1. The molecule has 6 heteroatoms. The number of carbonyl (C=O) groups excluding carboxylic acids is 3. The Kier molecular flexibility index (Phi) is 5.77. The van der Waals surface area contributed by atoms with E-state index in [2.05, 4.69) is 5.32 Å². The van der Waals surface area contributed by atoms with Crippen LogP contribution in [0.15, 0.2) is 48.5 Å². The third kappa shape index (κ3) is 5.73. The first-order valence-corrected chi connectivity index (χ1v) is 8.07. The smallest absolute Gasteiger partial charge is 0.412 e. The van der Waals surface area contributed by atoms with Gasteiger partial charge < -0.3 is 9.47 Å². The Morgan fingerprint density at radius 1 is 0.846 bits per heavy atom. The number of anilines is 1. The Hall–Kier alpha value is -3.15. The topological polar surface area (TPSA) is 81.7 Å². The van der Waals surface area contributed by atoms with Crippen molar-refractivity contribution >= 4 is 23.5 Å². The number of hydrogen-bond donors (Lipinski definition) is 1. The molecule has 0 aliphatic heterocycles. The molecule has 0 radical (unpaired) electrons. The van der Waals surface area contributed by atoms with Gasteiger partial charge in [-0.25, -0.2) is 9.59 Å². The van der Waals surface area contributed by atoms with Crippen LogP contribution in [0.1, 0.15) is 48.4 Å². The minimum Gasteiger partial charge on any atom is -0.444 e. The van der Waals surface area contributed by atoms with Gasteiger partial charge in [0.1, 0.15) is 11.4 Å². The van der Waals surface area contributed by atoms with Gasteiger partial charge in [0, 0.05) is 11.3 Å². The molecule has 0 spiro atoms. The largest absolute Gasteiger partial charge is 0.444 e. The van der Waals surface area contributed by atoms with Crippen molar-refractivity contribution in [2.24, 2.45) is 0 Å². The summed E-state index contributed by atoms with van der Waals surface area (Å²) in [5.74, 6) is -0.253. The van der Waals surface area contributed by atoms with Gasteiger partial charge >= 0.3 is 12.1 Å². The van der Waals surface area contributed by atoms with Crippen molar-refractivity contribution in [1.29, 1.82) is 0 Å². The van der Waals surface area contributed by atoms with E-state index < -0.39 is 17.7 Å². The van der Waals surface area contributed by atoms with Crippen molar-refractivity contribution < 1.29 is 23.9 Å². The van der Waals surface area contributed by atoms with Gasteiger partial charge in [0.25, 0.3) is 0 Å². The first-order chi connectivity index (χ1) is 12.1. The van der Waals surface area contributed by atoms with Crippen LogP contribution in [-0.2, 0) is 4.74 Å². The summed E-state index contributed by atoms with van der Waals surface area (Å²) in [7, 11) is 0. The van der Waals surface area contributed by atoms with Crippen LogP contribution < -0.4 is 10.1 Å². The van der Waals surface area contributed by atoms with E-state index in [4.69, 9.17) is 9.47 Å². The first-order valence-electron chi connectivity index (χ1n) is 8.07. The van der Waals surface area contributed by atoms with Crippen LogP contribution in [0.4, 0.5) is 10.5 Å². The van der Waals surface area contributed by atoms with E-state index >= 15 is 0 Å². The molecule has 0 saturated carbocycles. The second kappa shape index (κ2) is 7.82. The zero-order chi connectivity index (χ0) is 19.3. The van der Waals surface area contributed by atoms with Crippen LogP contribution in [0.5, 0.6) is 5.75 Å². The molecular weight excluding hydrogens is 334 g/mol. The van der Waals surface area contributed by atoms with Crippen LogP contribution in [-0.4, -0.2) is 23.4 Å². The van der Waals surface area contributed by atoms with E-state index in [1.54, 1.807) is 69.3 Å². The molecule has 0 aromatic heterocycles. The number of carbonyl (C=O) groups is 3. The lowest BCUT2D eigenvalue weighted by Crippen LogP contribution is -2.27. The molecule has 1 amide bonds. The highest BCUT2D eigenvalue weighted by atomic mass is 16.6. The molecule has 136 valence electrons. The summed E-state index contributed by atoms with van der Waals surface area (Å²) in [6.07, 6.45) is -0.571. The van der Waals surface area contributed by atoms with Crippen molar-refractivity contribution in [2.75, 3.05) is 5.32 Å². The Morgan fingerprint density at radius 3 is 1.88 bits per heavy atom. The van der Waals surface area contributed by atoms with Crippen molar-refractivity contribution in [1.82, 2.24) is 0 Å². The minimum absolute atomic E-state index is 0.0593. The molecule has 2 rings (SSSR count). The number of esters is 1. The van der Waals surface area contributed by atoms with Gasteiger partial charge in [-0.05, 0) is 76.2 Å². The zero-order valence-electron chi connectivity index (χ0n) is 15.2. The Morgan fingerprint density at radius 2 is 1.38 bits per heavy atom. The summed E-state index contributed by atoms with van der Waals surface area (Å²) in [5.41, 5.74) is 0.783. The lowest BCUT2D eigenvalue weighted by molar-refractivity contribution is 0.0635. The number of hydrogen-bond acceptors (Lipinski definition) is 5. The highest BCUT2D eigenvalue weighted by Gasteiger charge is 2.16. The average molecular weight is 355 g/mol. The number of nitrogens with one attached hydrogen (secondary N) is 1. The molecule has 0 atom stereocenters. The third-order valence-electron chi connectivity index (χ3n) is 3.24. The standard InChI is InChI=1S/C20H21NO5/c1-13(22)14-7-11-17(12-8-14)25-18(23)15-5-9-16(10-6-15)21-19(24)26-20(2,3)4/h5-12H,1-4H3,(H,21,24). The second-order valence-corrected chi connectivity index (χ2v) is 6.67. The number of Topliss-reactive ketones (excluding diaryl/α,β-unsaturated/α-hetero) is 1. The molecule has 0 bridgehead atoms. The van der Waals surface area contributed by atoms with Gasteiger partial charge in [-0.15, -0.1) is 0 Å². The molecule has 0 aliphatic rings. The summed E-state index contributed by atoms with van der Waals surface area (Å²) < 4.78 is 10.4. The van der Waals surface area contributed by atoms with E-state index in [1.165, 1.54) is 6.92 Å². The second-order valence-electron chi connectivity index (χ2n) is 6.67. The van der Waals surface area contributed by atoms with Crippen LogP contribution in [0, 0.1) is 0 Å². The predicted octanol–water partition coefficient (Wildman–Crippen LogP) is 4.46. The Labute approximate surface area is 152 Å². The summed E-state index contributed by atoms with van der Waals surface area (Å²) in [5, 5.41) is 2.59. The summed E-state index contributed by atoms with van der Waals surface area (Å²) in [6, 6.07) is 12.6. The van der Waals surface area contributed by atoms with Crippen LogP contribution >= 0.6 is 0 Å². The van der Waals surface area contributed by atoms with Crippen LogP contribution in [0.2, 0.25) is 0 Å². The van der Waals surface area contributed by atoms with Crippen molar-refractivity contribution in [3.63, 3.8) is 0 Å². The Balaban J connectivity index is 1.97. The molecule has 1 N–H and O–H groups in total. The predicted molar refractivity (Wildman–Crippen MR) is 97.7 cm³/mol. The van der Waals surface area contributed by atoms with Crippen molar-refractivity contribution in [3.8, 4) is 5.75 Å². The van der Waals surface area contributed by atoms with Gasteiger partial charge in [-0.2, -0.15) is 0 Å². The zero-order valence-corrected chi connectivity index (χ0v) is 15.2. The van der Waals surface area contributed by atoms with E-state index in [0.29, 0.717) is 22.6 Å². The van der Waals surface area contributed by atoms with Crippen LogP contribution in [0.25, 0.3) is 0 Å². The average Bonchev–Trinajstić information content (AvgIpc) is 2.54. The fraction of sp³-hybridized carbons (Fsp3) is 0.250. The number of benzene rings is 2. The van der Waals surface area contributed by atoms with E-state index in [9.17, 15) is 14.4 Å². The maximum atomic E-state index is 12.2. The molecule has 2 aromatic rings. The minimum atomic E-state index is -0.592. The van der Waals surface area contributed by atoms with Gasteiger partial charge in [0.15, 0.2) is 5.78 Å². The van der Waals surface area contributed by atoms with Gasteiger partial charge in [-0.3, -0.25) is 10.1 Å². The van der Waals surface area contributed by atoms with E-state index in [1.807, 2.05) is 0 Å². The van der Waals surface area contributed by atoms with E-state index in [0.717, 1.165) is 0 Å². The molecule has 0 aliphatic carbocycles. The van der Waals surface area contributed by atoms with E-state index in [-0.39, 0.29) is 5.78 Å². The van der Waals surface area contributed by atoms with Crippen molar-refractivity contribution in [3.05, 3.63) is 59.7 Å². The van der Waals surface area contributed by atoms with Gasteiger partial charge in [-0.1, -0.05) is 0 Å².